The van der Waals surface area contributed by atoms with Gasteiger partial charge in [0.1, 0.15) is 0 Å². The van der Waals surface area contributed by atoms with Crippen LogP contribution >= 0.6 is 23.4 Å². The molecule has 0 atom stereocenters. The number of nitrogens with zero attached hydrogens (tertiary/aromatic N) is 2. The number of nitrogens with one attached hydrogen (secondary N) is 1. The van der Waals surface area contributed by atoms with Crippen LogP contribution in [0.1, 0.15) is 10.4 Å². The van der Waals surface area contributed by atoms with Gasteiger partial charge >= 0.3 is 5.97 Å². The van der Waals surface area contributed by atoms with Crippen LogP contribution in [0.15, 0.2) is 65.1 Å². The molecule has 0 aliphatic heterocycles. The Balaban J connectivity index is 1.84. The number of benzene rings is 2. The monoisotopic (exact) mass is 443 g/mol. The number of para-hydroxylation sites is 1. The molecule has 9 heteroatoms. The molecule has 1 aromatic heterocycles. The molecule has 7 nitrogen and oxygen atoms in total. The van der Waals surface area contributed by atoms with Crippen molar-refractivity contribution in [2.24, 2.45) is 0 Å². The maximum atomic E-state index is 12.8. The molecule has 0 radical (unpaired) electrons. The minimum atomic E-state index is -0.550. The number of hydrogen-bond donors (Lipinski definition) is 1. The fourth-order valence-electron chi connectivity index (χ4n) is 2.77. The largest absolute Gasteiger partial charge is 0.465 e. The minimum absolute atomic E-state index is 0.0227. The van der Waals surface area contributed by atoms with E-state index >= 15 is 0 Å². The third-order valence-corrected chi connectivity index (χ3v) is 5.34. The van der Waals surface area contributed by atoms with Crippen molar-refractivity contribution in [1.29, 1.82) is 0 Å². The topological polar surface area (TPSA) is 90.3 Å². The van der Waals surface area contributed by atoms with Crippen molar-refractivity contribution in [3.8, 4) is 0 Å². The lowest BCUT2D eigenvalue weighted by Crippen LogP contribution is -2.24. The Morgan fingerprint density at radius 3 is 2.80 bits per heavy atom. The van der Waals surface area contributed by atoms with Gasteiger partial charge in [0.05, 0.1) is 35.0 Å². The molecule has 154 valence electrons. The second-order valence-corrected chi connectivity index (χ2v) is 7.51. The number of aromatic nitrogens is 2. The smallest absolute Gasteiger partial charge is 0.339 e. The number of halogens is 1. The second kappa shape index (κ2) is 9.60. The predicted molar refractivity (Wildman–Crippen MR) is 118 cm³/mol. The minimum Gasteiger partial charge on any atom is -0.465 e. The molecular formula is C21H18ClN3O4S. The normalized spacial score (nSPS) is 10.6. The highest BCUT2D eigenvalue weighted by Crippen LogP contribution is 2.22. The average Bonchev–Trinajstić information content (AvgIpc) is 2.74. The van der Waals surface area contributed by atoms with Crippen LogP contribution in [0.5, 0.6) is 0 Å². The average molecular weight is 444 g/mol. The number of amides is 1. The number of thioether (sulfide) groups is 1. The van der Waals surface area contributed by atoms with E-state index in [2.05, 4.69) is 16.9 Å². The molecule has 3 rings (SSSR count). The lowest BCUT2D eigenvalue weighted by atomic mass is 10.2. The van der Waals surface area contributed by atoms with E-state index in [9.17, 15) is 14.4 Å². The zero-order chi connectivity index (χ0) is 21.7. The first-order chi connectivity index (χ1) is 14.4. The van der Waals surface area contributed by atoms with E-state index in [0.29, 0.717) is 26.8 Å². The molecular weight excluding hydrogens is 426 g/mol. The number of hydrogen-bond acceptors (Lipinski definition) is 6. The lowest BCUT2D eigenvalue weighted by Gasteiger charge is -2.12. The van der Waals surface area contributed by atoms with E-state index in [1.807, 2.05) is 0 Å². The summed E-state index contributed by atoms with van der Waals surface area (Å²) < 4.78 is 6.18. The Morgan fingerprint density at radius 1 is 1.30 bits per heavy atom. The molecule has 0 saturated heterocycles. The number of rotatable bonds is 7. The molecule has 0 saturated carbocycles. The Hall–Kier alpha value is -3.10. The number of carbonyl (C=O) groups is 2. The number of carbonyl (C=O) groups excluding carboxylic acids is 2. The maximum absolute atomic E-state index is 12.8. The van der Waals surface area contributed by atoms with E-state index in [1.54, 1.807) is 48.5 Å². The Morgan fingerprint density at radius 2 is 2.07 bits per heavy atom. The van der Waals surface area contributed by atoms with Gasteiger partial charge < -0.3 is 10.1 Å². The van der Waals surface area contributed by atoms with Crippen LogP contribution in [0.2, 0.25) is 5.02 Å². The van der Waals surface area contributed by atoms with Crippen LogP contribution in [0.4, 0.5) is 5.69 Å². The molecule has 1 heterocycles. The van der Waals surface area contributed by atoms with Gasteiger partial charge in [-0.1, -0.05) is 41.6 Å². The highest BCUT2D eigenvalue weighted by molar-refractivity contribution is 7.99. The number of ether oxygens (including phenoxy) is 1. The first-order valence-electron chi connectivity index (χ1n) is 8.85. The third-order valence-electron chi connectivity index (χ3n) is 4.13. The summed E-state index contributed by atoms with van der Waals surface area (Å²) in [6.07, 6.45) is 1.58. The first-order valence-corrected chi connectivity index (χ1v) is 10.2. The third kappa shape index (κ3) is 4.72. The van der Waals surface area contributed by atoms with Crippen LogP contribution in [0.25, 0.3) is 10.9 Å². The van der Waals surface area contributed by atoms with Crippen LogP contribution < -0.4 is 10.9 Å². The molecule has 0 aliphatic rings. The Bertz CT molecular complexity index is 1190. The first kappa shape index (κ1) is 21.6. The summed E-state index contributed by atoms with van der Waals surface area (Å²) >= 11 is 7.12. The Labute approximate surface area is 181 Å². The predicted octanol–water partition coefficient (Wildman–Crippen LogP) is 3.75. The molecule has 0 bridgehead atoms. The summed E-state index contributed by atoms with van der Waals surface area (Å²) in [6.45, 7) is 3.93. The SMILES string of the molecule is C=CCn1c(SCC(=O)Nc2ccccc2C(=O)OC)nc2cc(Cl)ccc2c1=O. The standard InChI is InChI=1S/C21H18ClN3O4S/c1-3-10-25-19(27)14-9-8-13(22)11-17(14)24-21(25)30-12-18(26)23-16-7-5-4-6-15(16)20(28)29-2/h3-9,11H,1,10,12H2,2H3,(H,23,26). The van der Waals surface area contributed by atoms with Crippen LogP contribution in [-0.4, -0.2) is 34.3 Å². The van der Waals surface area contributed by atoms with Gasteiger partial charge in [-0.25, -0.2) is 9.78 Å². The van der Waals surface area contributed by atoms with Gasteiger partial charge in [-0.15, -0.1) is 6.58 Å². The number of allylic oxidation sites excluding steroid dienone is 1. The quantitative estimate of drug-likeness (QED) is 0.259. The van der Waals surface area contributed by atoms with Crippen LogP contribution in [0.3, 0.4) is 0 Å². The van der Waals surface area contributed by atoms with Crippen molar-refractivity contribution in [1.82, 2.24) is 9.55 Å². The summed E-state index contributed by atoms with van der Waals surface area (Å²) in [4.78, 5) is 41.6. The second-order valence-electron chi connectivity index (χ2n) is 6.13. The van der Waals surface area contributed by atoms with E-state index in [1.165, 1.54) is 11.7 Å². The molecule has 3 aromatic rings. The van der Waals surface area contributed by atoms with Gasteiger partial charge in [-0.05, 0) is 30.3 Å². The fourth-order valence-corrected chi connectivity index (χ4v) is 3.75. The van der Waals surface area contributed by atoms with Gasteiger partial charge in [0, 0.05) is 11.6 Å². The molecule has 30 heavy (non-hydrogen) atoms. The molecule has 2 aromatic carbocycles. The Kier molecular flexibility index (Phi) is 6.91. The van der Waals surface area contributed by atoms with Crippen molar-refractivity contribution >= 4 is 51.8 Å². The zero-order valence-electron chi connectivity index (χ0n) is 16.1. The van der Waals surface area contributed by atoms with Crippen molar-refractivity contribution in [2.45, 2.75) is 11.7 Å². The molecule has 0 fully saturated rings. The van der Waals surface area contributed by atoms with E-state index in [-0.39, 0.29) is 29.3 Å². The van der Waals surface area contributed by atoms with Crippen molar-refractivity contribution < 1.29 is 14.3 Å². The lowest BCUT2D eigenvalue weighted by molar-refractivity contribution is -0.113. The van der Waals surface area contributed by atoms with E-state index in [0.717, 1.165) is 11.8 Å². The molecule has 1 N–H and O–H groups in total. The summed E-state index contributed by atoms with van der Waals surface area (Å²) in [6, 6.07) is 11.4. The fraction of sp³-hybridized carbons (Fsp3) is 0.143. The van der Waals surface area contributed by atoms with Gasteiger partial charge in [0.2, 0.25) is 5.91 Å². The number of esters is 1. The number of fused-ring (bicyclic) bond motifs is 1. The number of anilines is 1. The van der Waals surface area contributed by atoms with Gasteiger partial charge in [-0.2, -0.15) is 0 Å². The summed E-state index contributed by atoms with van der Waals surface area (Å²) in [7, 11) is 1.27. The van der Waals surface area contributed by atoms with Gasteiger partial charge in [-0.3, -0.25) is 14.2 Å². The van der Waals surface area contributed by atoms with Crippen molar-refractivity contribution in [2.75, 3.05) is 18.2 Å². The number of methoxy groups -OCH3 is 1. The summed E-state index contributed by atoms with van der Waals surface area (Å²) in [5.74, 6) is -0.932. The maximum Gasteiger partial charge on any atom is 0.339 e. The van der Waals surface area contributed by atoms with E-state index < -0.39 is 5.97 Å². The van der Waals surface area contributed by atoms with Crippen LogP contribution in [0, 0.1) is 0 Å². The highest BCUT2D eigenvalue weighted by atomic mass is 35.5. The van der Waals surface area contributed by atoms with Gasteiger partial charge in [0.15, 0.2) is 5.16 Å². The molecule has 0 aliphatic carbocycles. The molecule has 0 unspecified atom stereocenters. The van der Waals surface area contributed by atoms with Crippen LogP contribution in [-0.2, 0) is 16.1 Å². The van der Waals surface area contributed by atoms with Crippen molar-refractivity contribution in [3.63, 3.8) is 0 Å². The summed E-state index contributed by atoms with van der Waals surface area (Å²) in [5, 5.41) is 3.95. The van der Waals surface area contributed by atoms with E-state index in [4.69, 9.17) is 16.3 Å². The molecule has 1 amide bonds. The molecule has 0 spiro atoms. The zero-order valence-corrected chi connectivity index (χ0v) is 17.6. The summed E-state index contributed by atoms with van der Waals surface area (Å²) in [5.41, 5.74) is 0.805. The van der Waals surface area contributed by atoms with Gasteiger partial charge in [0.25, 0.3) is 5.56 Å². The van der Waals surface area contributed by atoms with Crippen molar-refractivity contribution in [3.05, 3.63) is 76.1 Å². The highest BCUT2D eigenvalue weighted by Gasteiger charge is 2.16.